The molecule has 0 heterocycles. The smallest absolute Gasteiger partial charge is 0.0846 e. The quantitative estimate of drug-likeness (QED) is 0.613. The van der Waals surface area contributed by atoms with Crippen molar-refractivity contribution in [1.29, 1.82) is 0 Å². The molecule has 0 amide bonds. The molecule has 12 heavy (non-hydrogen) atoms. The maximum Gasteiger partial charge on any atom is 0.0846 e. The van der Waals surface area contributed by atoms with E-state index in [0.717, 1.165) is 0 Å². The highest BCUT2D eigenvalue weighted by Crippen LogP contribution is 2.31. The van der Waals surface area contributed by atoms with Gasteiger partial charge in [-0.15, -0.1) is 0 Å². The number of ether oxygens (including phenoxy) is 1. The van der Waals surface area contributed by atoms with Crippen molar-refractivity contribution < 1.29 is 4.74 Å². The van der Waals surface area contributed by atoms with Gasteiger partial charge < -0.3 is 4.74 Å². The second-order valence-electron chi connectivity index (χ2n) is 3.61. The van der Waals surface area contributed by atoms with Crippen LogP contribution in [0.4, 0.5) is 0 Å². The minimum atomic E-state index is 0.274. The lowest BCUT2D eigenvalue weighted by molar-refractivity contribution is 0.0798. The van der Waals surface area contributed by atoms with E-state index in [2.05, 4.69) is 20.4 Å². The summed E-state index contributed by atoms with van der Waals surface area (Å²) in [4.78, 5) is 0. The first-order valence-electron chi connectivity index (χ1n) is 4.55. The highest BCUT2D eigenvalue weighted by Gasteiger charge is 2.24. The molecular formula is C11H18O. The molecule has 0 aromatic rings. The fourth-order valence-corrected chi connectivity index (χ4v) is 1.94. The zero-order valence-corrected chi connectivity index (χ0v) is 8.26. The summed E-state index contributed by atoms with van der Waals surface area (Å²) in [7, 11) is 1.78. The maximum atomic E-state index is 5.45. The van der Waals surface area contributed by atoms with Gasteiger partial charge >= 0.3 is 0 Å². The summed E-state index contributed by atoms with van der Waals surface area (Å²) in [5, 5.41) is 0. The summed E-state index contributed by atoms with van der Waals surface area (Å²) in [6, 6.07) is 0. The lowest BCUT2D eigenvalue weighted by Crippen LogP contribution is -2.26. The average Bonchev–Trinajstić information content (AvgIpc) is 2.08. The summed E-state index contributed by atoms with van der Waals surface area (Å²) in [5.41, 5.74) is 2.74. The molecule has 0 radical (unpaired) electrons. The molecule has 0 aromatic heterocycles. The Hall–Kier alpha value is -0.560. The van der Waals surface area contributed by atoms with Crippen molar-refractivity contribution in [3.8, 4) is 0 Å². The topological polar surface area (TPSA) is 9.23 Å². The van der Waals surface area contributed by atoms with Crippen LogP contribution < -0.4 is 0 Å². The molecule has 1 aliphatic rings. The van der Waals surface area contributed by atoms with Crippen molar-refractivity contribution in [2.75, 3.05) is 7.11 Å². The first-order valence-corrected chi connectivity index (χ1v) is 4.55. The van der Waals surface area contributed by atoms with E-state index < -0.39 is 0 Å². The first kappa shape index (κ1) is 9.53. The van der Waals surface area contributed by atoms with Crippen molar-refractivity contribution >= 4 is 0 Å². The van der Waals surface area contributed by atoms with Crippen LogP contribution in [0.15, 0.2) is 23.8 Å². The zero-order chi connectivity index (χ0) is 9.14. The third-order valence-electron chi connectivity index (χ3n) is 2.76. The van der Waals surface area contributed by atoms with Crippen LogP contribution in [0.5, 0.6) is 0 Å². The van der Waals surface area contributed by atoms with Crippen LogP contribution in [-0.2, 0) is 4.74 Å². The third-order valence-corrected chi connectivity index (χ3v) is 2.76. The number of hydrogen-bond donors (Lipinski definition) is 0. The van der Waals surface area contributed by atoms with Gasteiger partial charge in [-0.25, -0.2) is 0 Å². The second kappa shape index (κ2) is 3.90. The van der Waals surface area contributed by atoms with Crippen molar-refractivity contribution in [3.63, 3.8) is 0 Å². The van der Waals surface area contributed by atoms with Gasteiger partial charge in [0, 0.05) is 7.11 Å². The molecule has 1 heteroatoms. The van der Waals surface area contributed by atoms with E-state index >= 15 is 0 Å². The Labute approximate surface area is 75.1 Å². The molecule has 1 nitrogen and oxygen atoms in total. The van der Waals surface area contributed by atoms with Crippen LogP contribution in [0.25, 0.3) is 0 Å². The van der Waals surface area contributed by atoms with Crippen molar-refractivity contribution in [3.05, 3.63) is 23.8 Å². The van der Waals surface area contributed by atoms with E-state index in [1.807, 2.05) is 6.08 Å². The molecule has 0 N–H and O–H groups in total. The van der Waals surface area contributed by atoms with E-state index in [4.69, 9.17) is 4.74 Å². The molecule has 2 unspecified atom stereocenters. The monoisotopic (exact) mass is 166 g/mol. The van der Waals surface area contributed by atoms with Gasteiger partial charge in [-0.1, -0.05) is 25.2 Å². The van der Waals surface area contributed by atoms with Gasteiger partial charge in [-0.3, -0.25) is 0 Å². The van der Waals surface area contributed by atoms with Crippen molar-refractivity contribution in [2.24, 2.45) is 5.92 Å². The fraction of sp³-hybridized carbons (Fsp3) is 0.636. The molecule has 1 aliphatic carbocycles. The zero-order valence-electron chi connectivity index (χ0n) is 8.26. The lowest BCUT2D eigenvalue weighted by Gasteiger charge is -2.30. The van der Waals surface area contributed by atoms with E-state index in [9.17, 15) is 0 Å². The predicted molar refractivity (Wildman–Crippen MR) is 52.1 cm³/mol. The molecule has 0 aromatic carbocycles. The Bertz CT molecular complexity index is 203. The van der Waals surface area contributed by atoms with Crippen LogP contribution in [0.1, 0.15) is 26.7 Å². The minimum absolute atomic E-state index is 0.274. The van der Waals surface area contributed by atoms with E-state index in [1.165, 1.54) is 24.0 Å². The normalized spacial score (nSPS) is 30.6. The van der Waals surface area contributed by atoms with Crippen LogP contribution in [0.2, 0.25) is 0 Å². The summed E-state index contributed by atoms with van der Waals surface area (Å²) in [6.45, 7) is 8.25. The lowest BCUT2D eigenvalue weighted by atomic mass is 9.83. The Kier molecular flexibility index (Phi) is 3.10. The van der Waals surface area contributed by atoms with Crippen molar-refractivity contribution in [2.45, 2.75) is 32.8 Å². The number of allylic oxidation sites excluding steroid dienone is 1. The summed E-state index contributed by atoms with van der Waals surface area (Å²) < 4.78 is 5.45. The van der Waals surface area contributed by atoms with Gasteiger partial charge in [0.25, 0.3) is 0 Å². The minimum Gasteiger partial charge on any atom is -0.376 e. The Balaban J connectivity index is 2.90. The predicted octanol–water partition coefficient (Wildman–Crippen LogP) is 2.93. The molecule has 0 spiro atoms. The van der Waals surface area contributed by atoms with Gasteiger partial charge in [0.15, 0.2) is 0 Å². The summed E-state index contributed by atoms with van der Waals surface area (Å²) in [6.07, 6.45) is 4.65. The number of hydrogen-bond acceptors (Lipinski definition) is 1. The molecule has 0 saturated carbocycles. The van der Waals surface area contributed by atoms with Crippen LogP contribution in [0.3, 0.4) is 0 Å². The second-order valence-corrected chi connectivity index (χ2v) is 3.61. The van der Waals surface area contributed by atoms with Crippen molar-refractivity contribution in [1.82, 2.24) is 0 Å². The average molecular weight is 166 g/mol. The van der Waals surface area contributed by atoms with Gasteiger partial charge in [-0.2, -0.15) is 0 Å². The Morgan fingerprint density at radius 2 is 2.25 bits per heavy atom. The van der Waals surface area contributed by atoms with E-state index in [1.54, 1.807) is 7.11 Å². The maximum absolute atomic E-state index is 5.45. The van der Waals surface area contributed by atoms with Crippen LogP contribution in [0, 0.1) is 5.92 Å². The molecule has 0 bridgehead atoms. The third kappa shape index (κ3) is 1.61. The van der Waals surface area contributed by atoms with E-state index in [-0.39, 0.29) is 6.10 Å². The summed E-state index contributed by atoms with van der Waals surface area (Å²) >= 11 is 0. The molecule has 1 rings (SSSR count). The standard InChI is InChI=1S/C11H18O/c1-5-10-8(2)6-7-9(3)11(10)12-4/h5,9,11H,1,6-7H2,2-4H3. The largest absolute Gasteiger partial charge is 0.376 e. The SMILES string of the molecule is C=CC1=C(C)CCC(C)C1OC. The van der Waals surface area contributed by atoms with Crippen LogP contribution in [-0.4, -0.2) is 13.2 Å². The molecule has 0 fully saturated rings. The van der Waals surface area contributed by atoms with Gasteiger partial charge in [0.2, 0.25) is 0 Å². The molecule has 0 saturated heterocycles. The molecule has 2 atom stereocenters. The Morgan fingerprint density at radius 3 is 2.67 bits per heavy atom. The van der Waals surface area contributed by atoms with E-state index in [0.29, 0.717) is 5.92 Å². The van der Waals surface area contributed by atoms with Crippen LogP contribution >= 0.6 is 0 Å². The first-order chi connectivity index (χ1) is 5.70. The number of rotatable bonds is 2. The fourth-order valence-electron chi connectivity index (χ4n) is 1.94. The van der Waals surface area contributed by atoms with Gasteiger partial charge in [0.1, 0.15) is 0 Å². The molecular weight excluding hydrogens is 148 g/mol. The van der Waals surface area contributed by atoms with Gasteiger partial charge in [0.05, 0.1) is 6.10 Å². The molecule has 68 valence electrons. The Morgan fingerprint density at radius 1 is 1.58 bits per heavy atom. The highest BCUT2D eigenvalue weighted by molar-refractivity contribution is 5.30. The highest BCUT2D eigenvalue weighted by atomic mass is 16.5. The number of methoxy groups -OCH3 is 1. The summed E-state index contributed by atoms with van der Waals surface area (Å²) in [5.74, 6) is 0.631. The molecule has 0 aliphatic heterocycles. The van der Waals surface area contributed by atoms with Gasteiger partial charge in [-0.05, 0) is 31.3 Å².